The van der Waals surface area contributed by atoms with E-state index in [-0.39, 0.29) is 34.1 Å². The van der Waals surface area contributed by atoms with Crippen LogP contribution in [-0.2, 0) is 25.0 Å². The van der Waals surface area contributed by atoms with E-state index in [9.17, 15) is 23.3 Å². The molecule has 0 saturated carbocycles. The van der Waals surface area contributed by atoms with Crippen LogP contribution in [0.2, 0.25) is 0 Å². The van der Waals surface area contributed by atoms with E-state index in [1.807, 2.05) is 0 Å². The van der Waals surface area contributed by atoms with Crippen molar-refractivity contribution in [3.8, 4) is 11.8 Å². The molecule has 252 valence electrons. The number of anilines is 1. The molecule has 2 saturated heterocycles. The summed E-state index contributed by atoms with van der Waals surface area (Å²) in [4.78, 5) is 34.5. The molecular formula is C35H39FN6O5S. The van der Waals surface area contributed by atoms with Gasteiger partial charge in [0.05, 0.1) is 22.8 Å². The first kappa shape index (κ1) is 33.5. The Labute approximate surface area is 280 Å². The Morgan fingerprint density at radius 2 is 1.65 bits per heavy atom. The van der Waals surface area contributed by atoms with Crippen molar-refractivity contribution in [2.75, 3.05) is 56.7 Å². The number of rotatable bonds is 9. The quantitative estimate of drug-likeness (QED) is 0.341. The van der Waals surface area contributed by atoms with Crippen molar-refractivity contribution in [2.24, 2.45) is 0 Å². The molecule has 1 N–H and O–H groups in total. The summed E-state index contributed by atoms with van der Waals surface area (Å²) in [5, 5.41) is 11.5. The highest BCUT2D eigenvalue weighted by atomic mass is 32.2. The van der Waals surface area contributed by atoms with Crippen LogP contribution < -0.4 is 14.5 Å². The van der Waals surface area contributed by atoms with Gasteiger partial charge in [-0.25, -0.2) is 22.1 Å². The lowest BCUT2D eigenvalue weighted by Crippen LogP contribution is -2.61. The lowest BCUT2D eigenvalue weighted by Gasteiger charge is -2.43. The fraction of sp³-hybridized carbons (Fsp3) is 0.400. The minimum absolute atomic E-state index is 0.0816. The van der Waals surface area contributed by atoms with Gasteiger partial charge < -0.3 is 9.64 Å². The molecule has 1 unspecified atom stereocenters. The minimum Gasteiger partial charge on any atom is -0.494 e. The number of sulfonamides is 1. The number of amides is 2. The predicted molar refractivity (Wildman–Crippen MR) is 177 cm³/mol. The van der Waals surface area contributed by atoms with E-state index in [2.05, 4.69) is 22.1 Å². The van der Waals surface area contributed by atoms with Gasteiger partial charge in [0.1, 0.15) is 17.6 Å². The van der Waals surface area contributed by atoms with Crippen LogP contribution in [0.3, 0.4) is 0 Å². The summed E-state index contributed by atoms with van der Waals surface area (Å²) in [5.74, 6) is -2.79. The monoisotopic (exact) mass is 674 g/mol. The minimum atomic E-state index is -4.64. The smallest absolute Gasteiger partial charge is 0.270 e. The summed E-state index contributed by atoms with van der Waals surface area (Å²) in [5.41, 5.74) is -0.237. The summed E-state index contributed by atoms with van der Waals surface area (Å²) in [7, 11) is -4.64. The first-order chi connectivity index (χ1) is 23.2. The molecule has 13 heteroatoms. The zero-order valence-corrected chi connectivity index (χ0v) is 27.9. The largest absolute Gasteiger partial charge is 0.494 e. The van der Waals surface area contributed by atoms with Gasteiger partial charge in [-0.1, -0.05) is 43.3 Å². The molecule has 2 fully saturated rings. The van der Waals surface area contributed by atoms with Gasteiger partial charge >= 0.3 is 0 Å². The van der Waals surface area contributed by atoms with Crippen molar-refractivity contribution in [3.05, 3.63) is 89.2 Å². The number of ether oxygens (including phenoxy) is 1. The molecule has 0 radical (unpaired) electrons. The van der Waals surface area contributed by atoms with Crippen LogP contribution in [0.5, 0.6) is 5.75 Å². The van der Waals surface area contributed by atoms with Crippen molar-refractivity contribution in [1.82, 2.24) is 20.2 Å². The molecule has 3 aromatic carbocycles. The number of nitrogens with zero attached hydrogens (tertiary/aromatic N) is 5. The number of fused-ring (bicyclic) bond motifs is 1. The summed E-state index contributed by atoms with van der Waals surface area (Å²) >= 11 is 0. The highest BCUT2D eigenvalue weighted by molar-refractivity contribution is 7.93. The summed E-state index contributed by atoms with van der Waals surface area (Å²) < 4.78 is 50.0. The number of hydrazine groups is 1. The van der Waals surface area contributed by atoms with Crippen molar-refractivity contribution >= 4 is 27.5 Å². The number of hydrogen-bond donors (Lipinski definition) is 1. The van der Waals surface area contributed by atoms with Crippen molar-refractivity contribution in [3.63, 3.8) is 0 Å². The van der Waals surface area contributed by atoms with Gasteiger partial charge in [0, 0.05) is 49.4 Å². The Morgan fingerprint density at radius 3 is 2.29 bits per heavy atom. The fourth-order valence-electron chi connectivity index (χ4n) is 7.12. The molecule has 3 aromatic rings. The van der Waals surface area contributed by atoms with Crippen LogP contribution in [0.25, 0.3) is 0 Å². The van der Waals surface area contributed by atoms with E-state index in [0.29, 0.717) is 36.5 Å². The number of para-hydroxylation sites is 1. The van der Waals surface area contributed by atoms with Gasteiger partial charge in [0.2, 0.25) is 0 Å². The van der Waals surface area contributed by atoms with E-state index in [1.165, 1.54) is 30.3 Å². The lowest BCUT2D eigenvalue weighted by molar-refractivity contribution is -0.137. The molecule has 1 atom stereocenters. The molecule has 3 aliphatic rings. The second-order valence-electron chi connectivity index (χ2n) is 12.2. The molecule has 0 bridgehead atoms. The van der Waals surface area contributed by atoms with Gasteiger partial charge in [-0.2, -0.15) is 5.26 Å². The number of piperazine rings is 1. The van der Waals surface area contributed by atoms with E-state index < -0.39 is 38.6 Å². The number of nitrogens with one attached hydrogen (secondary N) is 1. The zero-order chi connectivity index (χ0) is 34.1. The van der Waals surface area contributed by atoms with Crippen LogP contribution in [0.1, 0.15) is 43.4 Å². The third-order valence-corrected chi connectivity index (χ3v) is 11.4. The van der Waals surface area contributed by atoms with E-state index >= 15 is 4.39 Å². The predicted octanol–water partition coefficient (Wildman–Crippen LogP) is 3.25. The van der Waals surface area contributed by atoms with E-state index in [1.54, 1.807) is 42.3 Å². The Bertz CT molecular complexity index is 1840. The molecule has 11 nitrogen and oxygen atoms in total. The summed E-state index contributed by atoms with van der Waals surface area (Å²) in [6.07, 6.45) is 2.15. The average Bonchev–Trinajstić information content (AvgIpc) is 3.36. The number of carbonyl (C=O) groups is 2. The first-order valence-corrected chi connectivity index (χ1v) is 17.7. The number of piperidine rings is 1. The number of benzene rings is 3. The van der Waals surface area contributed by atoms with Crippen molar-refractivity contribution in [1.29, 1.82) is 5.26 Å². The maximum absolute atomic E-state index is 15.3. The topological polar surface area (TPSA) is 126 Å². The fourth-order valence-corrected chi connectivity index (χ4v) is 8.59. The molecule has 48 heavy (non-hydrogen) atoms. The summed E-state index contributed by atoms with van der Waals surface area (Å²) in [6, 6.07) is 17.9. The van der Waals surface area contributed by atoms with Crippen molar-refractivity contribution < 1.29 is 27.1 Å². The van der Waals surface area contributed by atoms with Crippen LogP contribution in [0.15, 0.2) is 71.6 Å². The van der Waals surface area contributed by atoms with Crippen LogP contribution >= 0.6 is 0 Å². The van der Waals surface area contributed by atoms with E-state index in [0.717, 1.165) is 44.6 Å². The van der Waals surface area contributed by atoms with E-state index in [4.69, 9.17) is 4.74 Å². The Kier molecular flexibility index (Phi) is 9.53. The first-order valence-electron chi connectivity index (χ1n) is 16.3. The molecular weight excluding hydrogens is 635 g/mol. The summed E-state index contributed by atoms with van der Waals surface area (Å²) in [6.45, 7) is 9.58. The van der Waals surface area contributed by atoms with Crippen LogP contribution in [0.4, 0.5) is 10.1 Å². The molecule has 0 spiro atoms. The van der Waals surface area contributed by atoms with Crippen LogP contribution in [-0.4, -0.2) is 93.5 Å². The third kappa shape index (κ3) is 5.72. The Hall–Kier alpha value is -4.35. The number of halogens is 1. The Morgan fingerprint density at radius 1 is 0.979 bits per heavy atom. The molecule has 0 aromatic heterocycles. The number of likely N-dealkylation sites (tertiary alicyclic amines) is 1. The molecule has 6 rings (SSSR count). The normalized spacial score (nSPS) is 21.1. The highest BCUT2D eigenvalue weighted by Gasteiger charge is 2.62. The molecule has 3 aliphatic heterocycles. The van der Waals surface area contributed by atoms with Gasteiger partial charge in [-0.3, -0.25) is 19.9 Å². The van der Waals surface area contributed by atoms with Gasteiger partial charge in [0.25, 0.3) is 21.8 Å². The number of carbonyl (C=O) groups excluding carboxylic acids is 2. The maximum Gasteiger partial charge on any atom is 0.270 e. The number of nitriles is 1. The van der Waals surface area contributed by atoms with Gasteiger partial charge in [-0.15, -0.1) is 0 Å². The maximum atomic E-state index is 15.3. The Balaban J connectivity index is 1.43. The van der Waals surface area contributed by atoms with Gasteiger partial charge in [-0.05, 0) is 63.7 Å². The standard InChI is InChI=1S/C35H39FN6O5S/c1-3-39-16-14-26(15-17-39)40-18-20-41(21-19-40)38-33(43)35(28-12-8-9-13-32(28)47-4-2)29-22-25(24-37)30(36)23-31(29)42(34(35)44)48(45,46)27-10-6-5-7-11-27/h5-13,22-23,26H,3-4,14-21H2,1-2H3,(H,38,43). The zero-order valence-electron chi connectivity index (χ0n) is 27.1. The SMILES string of the molecule is CCOc1ccccc1C1(C(=O)NN2CCN(C3CCN(CC)CC3)CC2)C(=O)N(S(=O)(=O)c2ccccc2)c2cc(F)c(C#N)cc21. The van der Waals surface area contributed by atoms with Crippen molar-refractivity contribution in [2.45, 2.75) is 43.0 Å². The molecule has 3 heterocycles. The average molecular weight is 675 g/mol. The second kappa shape index (κ2) is 13.6. The third-order valence-electron chi connectivity index (χ3n) is 9.64. The van der Waals surface area contributed by atoms with Crippen LogP contribution in [0, 0.1) is 17.1 Å². The second-order valence-corrected chi connectivity index (χ2v) is 13.9. The molecule has 0 aliphatic carbocycles. The van der Waals surface area contributed by atoms with Gasteiger partial charge in [0.15, 0.2) is 5.41 Å². The lowest BCUT2D eigenvalue weighted by atomic mass is 9.73. The highest BCUT2D eigenvalue weighted by Crippen LogP contribution is 2.51. The molecule has 2 amide bonds. The number of hydrogen-bond acceptors (Lipinski definition) is 9.